The molecular formula is C19H18ClFN2O3. The topological polar surface area (TPSA) is 71.3 Å². The van der Waals surface area contributed by atoms with Gasteiger partial charge in [0.1, 0.15) is 18.8 Å². The van der Waals surface area contributed by atoms with Crippen LogP contribution in [-0.4, -0.2) is 19.6 Å². The van der Waals surface area contributed by atoms with Crippen molar-refractivity contribution in [3.63, 3.8) is 0 Å². The van der Waals surface area contributed by atoms with Crippen molar-refractivity contribution in [2.75, 3.05) is 13.7 Å². The Hall–Kier alpha value is -2.78. The van der Waals surface area contributed by atoms with Crippen LogP contribution < -0.4 is 14.8 Å². The summed E-state index contributed by atoms with van der Waals surface area (Å²) in [6.07, 6.45) is 0.367. The van der Waals surface area contributed by atoms with Crippen LogP contribution in [-0.2, 0) is 17.8 Å². The second-order valence-corrected chi connectivity index (χ2v) is 5.87. The number of carbonyl (C=O) groups excluding carboxylic acids is 1. The van der Waals surface area contributed by atoms with Crippen LogP contribution >= 0.6 is 11.6 Å². The third-order valence-electron chi connectivity index (χ3n) is 3.56. The summed E-state index contributed by atoms with van der Waals surface area (Å²) < 4.78 is 24.0. The van der Waals surface area contributed by atoms with E-state index in [1.807, 2.05) is 0 Å². The number of hydrogen-bond acceptors (Lipinski definition) is 4. The molecule has 2 aromatic carbocycles. The van der Waals surface area contributed by atoms with E-state index in [9.17, 15) is 9.18 Å². The SMILES string of the molecule is COc1cc(CCNC(=O)CC#N)cc(Cl)c1OCc1ccc(F)cc1. The summed E-state index contributed by atoms with van der Waals surface area (Å²) in [5, 5.41) is 11.5. The predicted molar refractivity (Wildman–Crippen MR) is 95.7 cm³/mol. The van der Waals surface area contributed by atoms with Crippen molar-refractivity contribution in [3.8, 4) is 17.6 Å². The minimum absolute atomic E-state index is 0.166. The fourth-order valence-electron chi connectivity index (χ4n) is 2.27. The molecule has 26 heavy (non-hydrogen) atoms. The summed E-state index contributed by atoms with van der Waals surface area (Å²) in [5.74, 6) is 0.245. The van der Waals surface area contributed by atoms with Crippen LogP contribution in [0.5, 0.6) is 11.5 Å². The van der Waals surface area contributed by atoms with Crippen molar-refractivity contribution >= 4 is 17.5 Å². The fourth-order valence-corrected chi connectivity index (χ4v) is 2.56. The van der Waals surface area contributed by atoms with Crippen molar-refractivity contribution in [2.45, 2.75) is 19.4 Å². The molecule has 0 aliphatic heterocycles. The van der Waals surface area contributed by atoms with Crippen LogP contribution in [0.3, 0.4) is 0 Å². The van der Waals surface area contributed by atoms with Gasteiger partial charge in [0.05, 0.1) is 18.2 Å². The lowest BCUT2D eigenvalue weighted by atomic mass is 10.1. The Morgan fingerprint density at radius 2 is 2.00 bits per heavy atom. The molecule has 2 aromatic rings. The zero-order chi connectivity index (χ0) is 18.9. The van der Waals surface area contributed by atoms with Gasteiger partial charge < -0.3 is 14.8 Å². The molecular weight excluding hydrogens is 359 g/mol. The Morgan fingerprint density at radius 1 is 1.27 bits per heavy atom. The number of nitriles is 1. The number of nitrogens with one attached hydrogen (secondary N) is 1. The number of carbonyl (C=O) groups is 1. The molecule has 0 saturated heterocycles. The zero-order valence-electron chi connectivity index (χ0n) is 14.2. The fraction of sp³-hybridized carbons (Fsp3) is 0.263. The molecule has 0 aromatic heterocycles. The van der Waals surface area contributed by atoms with Gasteiger partial charge in [0.2, 0.25) is 5.91 Å². The van der Waals surface area contributed by atoms with E-state index < -0.39 is 0 Å². The van der Waals surface area contributed by atoms with Crippen LogP contribution in [0, 0.1) is 17.1 Å². The van der Waals surface area contributed by atoms with Gasteiger partial charge in [0.15, 0.2) is 11.5 Å². The maximum absolute atomic E-state index is 12.9. The molecule has 0 atom stereocenters. The van der Waals surface area contributed by atoms with Crippen molar-refractivity contribution in [1.82, 2.24) is 5.32 Å². The van der Waals surface area contributed by atoms with E-state index in [2.05, 4.69) is 5.32 Å². The minimum Gasteiger partial charge on any atom is -0.493 e. The first-order valence-electron chi connectivity index (χ1n) is 7.90. The van der Waals surface area contributed by atoms with Gasteiger partial charge in [-0.15, -0.1) is 0 Å². The summed E-state index contributed by atoms with van der Waals surface area (Å²) in [7, 11) is 1.51. The molecule has 0 bridgehead atoms. The number of ether oxygens (including phenoxy) is 2. The monoisotopic (exact) mass is 376 g/mol. The Labute approximate surface area is 156 Å². The number of benzene rings is 2. The van der Waals surface area contributed by atoms with E-state index in [-0.39, 0.29) is 24.8 Å². The maximum atomic E-state index is 12.9. The highest BCUT2D eigenvalue weighted by Gasteiger charge is 2.13. The van der Waals surface area contributed by atoms with Crippen LogP contribution in [0.4, 0.5) is 4.39 Å². The lowest BCUT2D eigenvalue weighted by Gasteiger charge is -2.14. The molecule has 7 heteroatoms. The smallest absolute Gasteiger partial charge is 0.234 e. The van der Waals surface area contributed by atoms with E-state index in [1.54, 1.807) is 30.3 Å². The van der Waals surface area contributed by atoms with E-state index >= 15 is 0 Å². The molecule has 0 fully saturated rings. The average molecular weight is 377 g/mol. The van der Waals surface area contributed by atoms with Crippen molar-refractivity contribution in [3.05, 3.63) is 58.4 Å². The Kier molecular flexibility index (Phi) is 7.24. The first-order valence-corrected chi connectivity index (χ1v) is 8.28. The second kappa shape index (κ2) is 9.64. The summed E-state index contributed by atoms with van der Waals surface area (Å²) in [4.78, 5) is 11.3. The molecule has 1 N–H and O–H groups in total. The summed E-state index contributed by atoms with van der Waals surface area (Å²) in [6, 6.07) is 11.3. The second-order valence-electron chi connectivity index (χ2n) is 5.46. The van der Waals surface area contributed by atoms with E-state index in [1.165, 1.54) is 19.2 Å². The van der Waals surface area contributed by atoms with Crippen LogP contribution in [0.25, 0.3) is 0 Å². The lowest BCUT2D eigenvalue weighted by Crippen LogP contribution is -2.24. The highest BCUT2D eigenvalue weighted by atomic mass is 35.5. The van der Waals surface area contributed by atoms with Gasteiger partial charge in [-0.2, -0.15) is 5.26 Å². The third kappa shape index (κ3) is 5.64. The summed E-state index contributed by atoms with van der Waals surface area (Å²) in [5.41, 5.74) is 1.66. The molecule has 0 aliphatic carbocycles. The van der Waals surface area contributed by atoms with Crippen molar-refractivity contribution in [1.29, 1.82) is 5.26 Å². The molecule has 0 saturated carbocycles. The van der Waals surface area contributed by atoms with E-state index in [0.29, 0.717) is 29.5 Å². The molecule has 2 rings (SSSR count). The Morgan fingerprint density at radius 3 is 2.65 bits per heavy atom. The quantitative estimate of drug-likeness (QED) is 0.763. The van der Waals surface area contributed by atoms with Gasteiger partial charge in [-0.05, 0) is 41.8 Å². The van der Waals surface area contributed by atoms with Crippen LogP contribution in [0.1, 0.15) is 17.5 Å². The number of amides is 1. The number of halogens is 2. The van der Waals surface area contributed by atoms with E-state index in [0.717, 1.165) is 11.1 Å². The van der Waals surface area contributed by atoms with Gasteiger partial charge in [0.25, 0.3) is 0 Å². The van der Waals surface area contributed by atoms with Crippen molar-refractivity contribution in [2.24, 2.45) is 0 Å². The van der Waals surface area contributed by atoms with E-state index in [4.69, 9.17) is 26.3 Å². The van der Waals surface area contributed by atoms with Gasteiger partial charge in [0, 0.05) is 6.54 Å². The highest BCUT2D eigenvalue weighted by molar-refractivity contribution is 6.32. The zero-order valence-corrected chi connectivity index (χ0v) is 15.0. The first kappa shape index (κ1) is 19.5. The molecule has 0 radical (unpaired) electrons. The minimum atomic E-state index is -0.315. The number of methoxy groups -OCH3 is 1. The molecule has 0 spiro atoms. The first-order chi connectivity index (χ1) is 12.5. The molecule has 136 valence electrons. The predicted octanol–water partition coefficient (Wildman–Crippen LogP) is 3.64. The Balaban J connectivity index is 2.02. The molecule has 0 heterocycles. The summed E-state index contributed by atoms with van der Waals surface area (Å²) >= 11 is 6.30. The lowest BCUT2D eigenvalue weighted by molar-refractivity contribution is -0.120. The molecule has 1 amide bonds. The van der Waals surface area contributed by atoms with Gasteiger partial charge in [-0.3, -0.25) is 4.79 Å². The number of nitrogens with zero attached hydrogens (tertiary/aromatic N) is 1. The maximum Gasteiger partial charge on any atom is 0.234 e. The average Bonchev–Trinajstić information content (AvgIpc) is 2.62. The third-order valence-corrected chi connectivity index (χ3v) is 3.84. The van der Waals surface area contributed by atoms with Crippen LogP contribution in [0.2, 0.25) is 5.02 Å². The summed E-state index contributed by atoms with van der Waals surface area (Å²) in [6.45, 7) is 0.607. The van der Waals surface area contributed by atoms with Gasteiger partial charge in [-0.25, -0.2) is 4.39 Å². The Bertz CT molecular complexity index is 804. The number of rotatable bonds is 8. The van der Waals surface area contributed by atoms with Gasteiger partial charge >= 0.3 is 0 Å². The normalized spacial score (nSPS) is 10.1. The molecule has 5 nitrogen and oxygen atoms in total. The number of hydrogen-bond donors (Lipinski definition) is 1. The molecule has 0 unspecified atom stereocenters. The molecule has 0 aliphatic rings. The van der Waals surface area contributed by atoms with Crippen molar-refractivity contribution < 1.29 is 18.7 Å². The van der Waals surface area contributed by atoms with Crippen LogP contribution in [0.15, 0.2) is 36.4 Å². The highest BCUT2D eigenvalue weighted by Crippen LogP contribution is 2.37. The largest absolute Gasteiger partial charge is 0.493 e. The standard InChI is InChI=1S/C19H18ClFN2O3/c1-25-17-11-14(7-9-23-18(24)6-8-22)10-16(20)19(17)26-12-13-2-4-15(21)5-3-13/h2-5,10-11H,6-7,9,12H2,1H3,(H,23,24). The van der Waals surface area contributed by atoms with Gasteiger partial charge in [-0.1, -0.05) is 23.7 Å².